The van der Waals surface area contributed by atoms with E-state index in [0.717, 1.165) is 50.2 Å². The van der Waals surface area contributed by atoms with Gasteiger partial charge in [-0.3, -0.25) is 9.78 Å². The number of amides is 1. The Labute approximate surface area is 149 Å². The standard InChI is InChI=1S/C20H28N2O3/c1-15-3-2-4-17(21-15)13-24-18-12-20(25-14-18)7-9-22(10-8-20)19(23)11-16-5-6-16/h2-4,16,18H,5-14H2,1H3. The molecule has 1 unspecified atom stereocenters. The average Bonchev–Trinajstić information content (AvgIpc) is 3.34. The summed E-state index contributed by atoms with van der Waals surface area (Å²) in [5, 5.41) is 0. The number of rotatable bonds is 5. The minimum atomic E-state index is -0.0823. The second-order valence-electron chi connectivity index (χ2n) is 7.93. The van der Waals surface area contributed by atoms with Crippen LogP contribution in [0.1, 0.15) is 49.9 Å². The molecule has 25 heavy (non-hydrogen) atoms. The molecule has 5 nitrogen and oxygen atoms in total. The lowest BCUT2D eigenvalue weighted by Gasteiger charge is -2.38. The van der Waals surface area contributed by atoms with Crippen LogP contribution in [0.2, 0.25) is 0 Å². The summed E-state index contributed by atoms with van der Waals surface area (Å²) in [7, 11) is 0. The molecule has 3 heterocycles. The van der Waals surface area contributed by atoms with Crippen LogP contribution < -0.4 is 0 Å². The minimum Gasteiger partial charge on any atom is -0.372 e. The summed E-state index contributed by atoms with van der Waals surface area (Å²) in [5.41, 5.74) is 1.91. The fraction of sp³-hybridized carbons (Fsp3) is 0.700. The van der Waals surface area contributed by atoms with Crippen molar-refractivity contribution in [3.8, 4) is 0 Å². The van der Waals surface area contributed by atoms with Crippen molar-refractivity contribution >= 4 is 5.91 Å². The first-order valence-electron chi connectivity index (χ1n) is 9.58. The average molecular weight is 344 g/mol. The van der Waals surface area contributed by atoms with Crippen LogP contribution in [0, 0.1) is 12.8 Å². The van der Waals surface area contributed by atoms with Crippen molar-refractivity contribution in [1.29, 1.82) is 0 Å². The van der Waals surface area contributed by atoms with E-state index >= 15 is 0 Å². The van der Waals surface area contributed by atoms with Crippen molar-refractivity contribution in [2.45, 2.75) is 63.8 Å². The molecule has 136 valence electrons. The smallest absolute Gasteiger partial charge is 0.222 e. The summed E-state index contributed by atoms with van der Waals surface area (Å²) >= 11 is 0. The molecular formula is C20H28N2O3. The largest absolute Gasteiger partial charge is 0.372 e. The molecule has 3 aliphatic rings. The Balaban J connectivity index is 1.24. The van der Waals surface area contributed by atoms with Gasteiger partial charge in [0.25, 0.3) is 0 Å². The number of hydrogen-bond donors (Lipinski definition) is 0. The lowest BCUT2D eigenvalue weighted by molar-refractivity contribution is -0.136. The second kappa shape index (κ2) is 7.04. The highest BCUT2D eigenvalue weighted by molar-refractivity contribution is 5.76. The number of aromatic nitrogens is 1. The number of piperidine rings is 1. The predicted octanol–water partition coefficient (Wildman–Crippen LogP) is 2.86. The highest BCUT2D eigenvalue weighted by Crippen LogP contribution is 2.38. The van der Waals surface area contributed by atoms with Crippen molar-refractivity contribution in [2.24, 2.45) is 5.92 Å². The topological polar surface area (TPSA) is 51.7 Å². The third-order valence-electron chi connectivity index (χ3n) is 5.78. The molecule has 1 atom stereocenters. The lowest BCUT2D eigenvalue weighted by atomic mass is 9.88. The van der Waals surface area contributed by atoms with E-state index in [9.17, 15) is 4.79 Å². The highest BCUT2D eigenvalue weighted by Gasteiger charge is 2.44. The molecule has 1 aromatic heterocycles. The Morgan fingerprint density at radius 1 is 1.36 bits per heavy atom. The van der Waals surface area contributed by atoms with Crippen molar-refractivity contribution in [1.82, 2.24) is 9.88 Å². The summed E-state index contributed by atoms with van der Waals surface area (Å²) in [6.07, 6.45) is 6.17. The van der Waals surface area contributed by atoms with Crippen molar-refractivity contribution < 1.29 is 14.3 Å². The summed E-state index contributed by atoms with van der Waals surface area (Å²) in [6, 6.07) is 6.01. The molecular weight excluding hydrogens is 316 g/mol. The summed E-state index contributed by atoms with van der Waals surface area (Å²) in [5.74, 6) is 1.01. The Bertz CT molecular complexity index is 621. The van der Waals surface area contributed by atoms with E-state index in [1.54, 1.807) is 0 Å². The van der Waals surface area contributed by atoms with Crippen LogP contribution in [0.5, 0.6) is 0 Å². The molecule has 1 aliphatic carbocycles. The van der Waals surface area contributed by atoms with Gasteiger partial charge in [0.05, 0.1) is 30.6 Å². The molecule has 1 amide bonds. The second-order valence-corrected chi connectivity index (χ2v) is 7.93. The Morgan fingerprint density at radius 2 is 2.16 bits per heavy atom. The molecule has 5 heteroatoms. The normalized spacial score (nSPS) is 25.5. The molecule has 0 radical (unpaired) electrons. The summed E-state index contributed by atoms with van der Waals surface area (Å²) in [4.78, 5) is 18.8. The van der Waals surface area contributed by atoms with Gasteiger partial charge in [-0.2, -0.15) is 0 Å². The fourth-order valence-corrected chi connectivity index (χ4v) is 4.00. The number of ether oxygens (including phenoxy) is 2. The molecule has 3 fully saturated rings. The number of carbonyl (C=O) groups excluding carboxylic acids is 1. The third-order valence-corrected chi connectivity index (χ3v) is 5.78. The van der Waals surface area contributed by atoms with E-state index in [-0.39, 0.29) is 11.7 Å². The van der Waals surface area contributed by atoms with Gasteiger partial charge < -0.3 is 14.4 Å². The van der Waals surface area contributed by atoms with Gasteiger partial charge in [-0.05, 0) is 50.7 Å². The van der Waals surface area contributed by atoms with Gasteiger partial charge in [0, 0.05) is 31.6 Å². The molecule has 0 aromatic carbocycles. The SMILES string of the molecule is Cc1cccc(COC2COC3(CCN(C(=O)CC4CC4)CC3)C2)n1. The first-order chi connectivity index (χ1) is 12.1. The van der Waals surface area contributed by atoms with Gasteiger partial charge in [-0.25, -0.2) is 0 Å². The van der Waals surface area contributed by atoms with Crippen molar-refractivity contribution in [3.05, 3.63) is 29.6 Å². The van der Waals surface area contributed by atoms with Crippen LogP contribution in [-0.4, -0.2) is 47.2 Å². The number of aryl methyl sites for hydroxylation is 1. The number of carbonyl (C=O) groups is 1. The highest BCUT2D eigenvalue weighted by atomic mass is 16.6. The zero-order valence-corrected chi connectivity index (χ0v) is 15.1. The Kier molecular flexibility index (Phi) is 4.78. The van der Waals surface area contributed by atoms with E-state index in [2.05, 4.69) is 4.98 Å². The summed E-state index contributed by atoms with van der Waals surface area (Å²) < 4.78 is 12.2. The van der Waals surface area contributed by atoms with Gasteiger partial charge in [-0.1, -0.05) is 6.07 Å². The van der Waals surface area contributed by atoms with E-state index in [1.165, 1.54) is 12.8 Å². The fourth-order valence-electron chi connectivity index (χ4n) is 4.00. The molecule has 1 spiro atoms. The molecule has 0 bridgehead atoms. The number of pyridine rings is 1. The third kappa shape index (κ3) is 4.21. The van der Waals surface area contributed by atoms with Gasteiger partial charge in [-0.15, -0.1) is 0 Å². The zero-order chi connectivity index (χ0) is 17.3. The Morgan fingerprint density at radius 3 is 2.88 bits per heavy atom. The van der Waals surface area contributed by atoms with E-state index in [4.69, 9.17) is 9.47 Å². The molecule has 0 N–H and O–H groups in total. The molecule has 1 aromatic rings. The molecule has 4 rings (SSSR count). The molecule has 2 aliphatic heterocycles. The first kappa shape index (κ1) is 17.0. The van der Waals surface area contributed by atoms with E-state index < -0.39 is 0 Å². The zero-order valence-electron chi connectivity index (χ0n) is 15.1. The maximum Gasteiger partial charge on any atom is 0.222 e. The maximum absolute atomic E-state index is 12.3. The molecule has 2 saturated heterocycles. The molecule has 1 saturated carbocycles. The van der Waals surface area contributed by atoms with Crippen LogP contribution in [0.15, 0.2) is 18.2 Å². The van der Waals surface area contributed by atoms with Crippen LogP contribution in [0.3, 0.4) is 0 Å². The Hall–Kier alpha value is -1.46. The van der Waals surface area contributed by atoms with Gasteiger partial charge in [0.15, 0.2) is 0 Å². The van der Waals surface area contributed by atoms with E-state index in [1.807, 2.05) is 30.0 Å². The predicted molar refractivity (Wildman–Crippen MR) is 94.0 cm³/mol. The monoisotopic (exact) mass is 344 g/mol. The number of nitrogens with zero attached hydrogens (tertiary/aromatic N) is 2. The summed E-state index contributed by atoms with van der Waals surface area (Å²) in [6.45, 7) is 4.85. The van der Waals surface area contributed by atoms with E-state index in [0.29, 0.717) is 25.0 Å². The lowest BCUT2D eigenvalue weighted by Crippen LogP contribution is -2.46. The van der Waals surface area contributed by atoms with Crippen LogP contribution >= 0.6 is 0 Å². The van der Waals surface area contributed by atoms with Crippen LogP contribution in [-0.2, 0) is 20.9 Å². The quantitative estimate of drug-likeness (QED) is 0.824. The van der Waals surface area contributed by atoms with Gasteiger partial charge in [0.2, 0.25) is 5.91 Å². The van der Waals surface area contributed by atoms with Gasteiger partial charge in [0.1, 0.15) is 0 Å². The van der Waals surface area contributed by atoms with Crippen molar-refractivity contribution in [2.75, 3.05) is 19.7 Å². The van der Waals surface area contributed by atoms with Crippen LogP contribution in [0.25, 0.3) is 0 Å². The number of likely N-dealkylation sites (tertiary alicyclic amines) is 1. The van der Waals surface area contributed by atoms with Crippen molar-refractivity contribution in [3.63, 3.8) is 0 Å². The minimum absolute atomic E-state index is 0.0823. The maximum atomic E-state index is 12.3. The van der Waals surface area contributed by atoms with Gasteiger partial charge >= 0.3 is 0 Å². The number of hydrogen-bond acceptors (Lipinski definition) is 4. The first-order valence-corrected chi connectivity index (χ1v) is 9.58. The van der Waals surface area contributed by atoms with Crippen LogP contribution in [0.4, 0.5) is 0 Å².